The summed E-state index contributed by atoms with van der Waals surface area (Å²) in [5.74, 6) is 1.44. The molecule has 2 aromatic rings. The van der Waals surface area contributed by atoms with Gasteiger partial charge >= 0.3 is 0 Å². The van der Waals surface area contributed by atoms with Gasteiger partial charge < -0.3 is 19.5 Å². The summed E-state index contributed by atoms with van der Waals surface area (Å²) in [4.78, 5) is 11.9. The average molecular weight is 329 g/mol. The number of hydrogen-bond donors (Lipinski definition) is 1. The molecule has 0 saturated carbocycles. The Kier molecular flexibility index (Phi) is 7.63. The van der Waals surface area contributed by atoms with E-state index >= 15 is 0 Å². The largest absolute Gasteiger partial charge is 0.490 e. The number of amides is 1. The van der Waals surface area contributed by atoms with Crippen LogP contribution in [0.25, 0.3) is 0 Å². The second-order valence-electron chi connectivity index (χ2n) is 5.14. The quantitative estimate of drug-likeness (QED) is 0.681. The molecular weight excluding hydrogens is 306 g/mol. The second kappa shape index (κ2) is 10.3. The van der Waals surface area contributed by atoms with Crippen molar-refractivity contribution in [3.63, 3.8) is 0 Å². The van der Waals surface area contributed by atoms with Crippen molar-refractivity contribution in [1.82, 2.24) is 5.32 Å². The van der Waals surface area contributed by atoms with Gasteiger partial charge in [-0.15, -0.1) is 0 Å². The molecule has 5 nitrogen and oxygen atoms in total. The fourth-order valence-corrected chi connectivity index (χ4v) is 2.06. The van der Waals surface area contributed by atoms with Crippen molar-refractivity contribution < 1.29 is 19.0 Å². The first kappa shape index (κ1) is 17.8. The highest BCUT2D eigenvalue weighted by atomic mass is 16.5. The summed E-state index contributed by atoms with van der Waals surface area (Å²) < 4.78 is 16.1. The Labute approximate surface area is 142 Å². The molecule has 0 aliphatic rings. The Hall–Kier alpha value is -2.53. The first-order valence-corrected chi connectivity index (χ1v) is 7.97. The third-order valence-electron chi connectivity index (χ3n) is 3.29. The van der Waals surface area contributed by atoms with E-state index in [0.29, 0.717) is 37.7 Å². The molecule has 24 heavy (non-hydrogen) atoms. The van der Waals surface area contributed by atoms with Crippen LogP contribution in [-0.2, 0) is 4.74 Å². The molecule has 0 spiro atoms. The second-order valence-corrected chi connectivity index (χ2v) is 5.14. The number of benzene rings is 2. The monoisotopic (exact) mass is 329 g/mol. The van der Waals surface area contributed by atoms with E-state index in [-0.39, 0.29) is 5.91 Å². The van der Waals surface area contributed by atoms with Crippen molar-refractivity contribution in [3.8, 4) is 11.5 Å². The van der Waals surface area contributed by atoms with Gasteiger partial charge in [0.2, 0.25) is 0 Å². The summed E-state index contributed by atoms with van der Waals surface area (Å²) >= 11 is 0. The number of para-hydroxylation sites is 1. The number of carbonyl (C=O) groups is 1. The molecule has 0 aromatic heterocycles. The molecule has 1 amide bonds. The smallest absolute Gasteiger partial charge is 0.251 e. The van der Waals surface area contributed by atoms with Crippen LogP contribution >= 0.6 is 0 Å². The van der Waals surface area contributed by atoms with Gasteiger partial charge in [-0.25, -0.2) is 0 Å². The number of carbonyl (C=O) groups excluding carboxylic acids is 1. The van der Waals surface area contributed by atoms with Gasteiger partial charge in [0.05, 0.1) is 0 Å². The van der Waals surface area contributed by atoms with Gasteiger partial charge in [-0.2, -0.15) is 0 Å². The highest BCUT2D eigenvalue weighted by molar-refractivity contribution is 5.94. The molecule has 0 heterocycles. The van der Waals surface area contributed by atoms with Gasteiger partial charge in [0.15, 0.2) is 0 Å². The molecular formula is C19H23NO4. The molecule has 2 aromatic carbocycles. The maximum atomic E-state index is 11.9. The SMILES string of the molecule is COCCCNC(=O)c1ccc(OCCOc2ccccc2)cc1. The van der Waals surface area contributed by atoms with Crippen molar-refractivity contribution in [3.05, 3.63) is 60.2 Å². The van der Waals surface area contributed by atoms with Gasteiger partial charge in [-0.3, -0.25) is 4.79 Å². The van der Waals surface area contributed by atoms with Crippen LogP contribution in [0.15, 0.2) is 54.6 Å². The van der Waals surface area contributed by atoms with E-state index in [1.54, 1.807) is 31.4 Å². The molecule has 0 atom stereocenters. The van der Waals surface area contributed by atoms with Crippen LogP contribution in [0, 0.1) is 0 Å². The molecule has 0 bridgehead atoms. The lowest BCUT2D eigenvalue weighted by molar-refractivity contribution is 0.0948. The minimum Gasteiger partial charge on any atom is -0.490 e. The molecule has 0 radical (unpaired) electrons. The highest BCUT2D eigenvalue weighted by Gasteiger charge is 2.05. The van der Waals surface area contributed by atoms with Crippen molar-refractivity contribution >= 4 is 5.91 Å². The molecule has 2 rings (SSSR count). The van der Waals surface area contributed by atoms with Crippen LogP contribution < -0.4 is 14.8 Å². The van der Waals surface area contributed by atoms with Crippen molar-refractivity contribution in [2.24, 2.45) is 0 Å². The number of nitrogens with one attached hydrogen (secondary N) is 1. The summed E-state index contributed by atoms with van der Waals surface area (Å²) in [6.45, 7) is 2.14. The zero-order valence-corrected chi connectivity index (χ0v) is 13.9. The van der Waals surface area contributed by atoms with E-state index in [4.69, 9.17) is 14.2 Å². The Morgan fingerprint density at radius 3 is 2.12 bits per heavy atom. The number of rotatable bonds is 10. The Balaban J connectivity index is 1.68. The first-order valence-electron chi connectivity index (χ1n) is 7.97. The predicted molar refractivity (Wildman–Crippen MR) is 92.7 cm³/mol. The molecule has 0 unspecified atom stereocenters. The molecule has 5 heteroatoms. The summed E-state index contributed by atoms with van der Waals surface area (Å²) in [5, 5.41) is 2.84. The van der Waals surface area contributed by atoms with E-state index in [0.717, 1.165) is 12.2 Å². The number of ether oxygens (including phenoxy) is 3. The molecule has 0 aliphatic heterocycles. The highest BCUT2D eigenvalue weighted by Crippen LogP contribution is 2.13. The van der Waals surface area contributed by atoms with Crippen LogP contribution in [0.4, 0.5) is 0 Å². The third kappa shape index (κ3) is 6.30. The Morgan fingerprint density at radius 1 is 0.875 bits per heavy atom. The van der Waals surface area contributed by atoms with Crippen molar-refractivity contribution in [1.29, 1.82) is 0 Å². The number of hydrogen-bond acceptors (Lipinski definition) is 4. The normalized spacial score (nSPS) is 10.2. The van der Waals surface area contributed by atoms with E-state index < -0.39 is 0 Å². The fraction of sp³-hybridized carbons (Fsp3) is 0.316. The van der Waals surface area contributed by atoms with E-state index in [1.807, 2.05) is 30.3 Å². The zero-order valence-electron chi connectivity index (χ0n) is 13.9. The maximum absolute atomic E-state index is 11.9. The topological polar surface area (TPSA) is 56.8 Å². The molecule has 128 valence electrons. The molecule has 0 saturated heterocycles. The van der Waals surface area contributed by atoms with E-state index in [2.05, 4.69) is 5.32 Å². The zero-order chi connectivity index (χ0) is 17.0. The minimum absolute atomic E-state index is 0.0925. The van der Waals surface area contributed by atoms with Crippen LogP contribution in [0.3, 0.4) is 0 Å². The number of methoxy groups -OCH3 is 1. The lowest BCUT2D eigenvalue weighted by Crippen LogP contribution is -2.25. The summed E-state index contributed by atoms with van der Waals surface area (Å²) in [6.07, 6.45) is 0.796. The average Bonchev–Trinajstić information content (AvgIpc) is 2.63. The van der Waals surface area contributed by atoms with Gasteiger partial charge in [-0.1, -0.05) is 18.2 Å². The third-order valence-corrected chi connectivity index (χ3v) is 3.29. The standard InChI is InChI=1S/C19H23NO4/c1-22-13-5-12-20-19(21)16-8-10-18(11-9-16)24-15-14-23-17-6-3-2-4-7-17/h2-4,6-11H,5,12-15H2,1H3,(H,20,21). The van der Waals surface area contributed by atoms with Crippen LogP contribution in [-0.4, -0.2) is 39.4 Å². The molecule has 0 fully saturated rings. The van der Waals surface area contributed by atoms with Crippen LogP contribution in [0.1, 0.15) is 16.8 Å². The van der Waals surface area contributed by atoms with Gasteiger partial charge in [0, 0.05) is 25.8 Å². The summed E-state index contributed by atoms with van der Waals surface area (Å²) in [7, 11) is 1.64. The Bertz CT molecular complexity index is 599. The van der Waals surface area contributed by atoms with Gasteiger partial charge in [0.1, 0.15) is 24.7 Å². The first-order chi connectivity index (χ1) is 11.8. The Morgan fingerprint density at radius 2 is 1.50 bits per heavy atom. The van der Waals surface area contributed by atoms with E-state index in [1.165, 1.54) is 0 Å². The lowest BCUT2D eigenvalue weighted by atomic mass is 10.2. The minimum atomic E-state index is -0.0925. The lowest BCUT2D eigenvalue weighted by Gasteiger charge is -2.09. The maximum Gasteiger partial charge on any atom is 0.251 e. The molecule has 1 N–H and O–H groups in total. The summed E-state index contributed by atoms with van der Waals surface area (Å²) in [5.41, 5.74) is 0.611. The van der Waals surface area contributed by atoms with Crippen LogP contribution in [0.5, 0.6) is 11.5 Å². The van der Waals surface area contributed by atoms with E-state index in [9.17, 15) is 4.79 Å². The van der Waals surface area contributed by atoms with Gasteiger partial charge in [0.25, 0.3) is 5.91 Å². The van der Waals surface area contributed by atoms with Crippen molar-refractivity contribution in [2.45, 2.75) is 6.42 Å². The van der Waals surface area contributed by atoms with Crippen LogP contribution in [0.2, 0.25) is 0 Å². The predicted octanol–water partition coefficient (Wildman–Crippen LogP) is 2.91. The summed E-state index contributed by atoms with van der Waals surface area (Å²) in [6, 6.07) is 16.7. The molecule has 0 aliphatic carbocycles. The fourth-order valence-electron chi connectivity index (χ4n) is 2.06. The van der Waals surface area contributed by atoms with Crippen molar-refractivity contribution in [2.75, 3.05) is 33.5 Å². The van der Waals surface area contributed by atoms with Gasteiger partial charge in [-0.05, 0) is 42.8 Å².